The van der Waals surface area contributed by atoms with Gasteiger partial charge in [0, 0.05) is 18.1 Å². The molecule has 3 aromatic rings. The van der Waals surface area contributed by atoms with Crippen LogP contribution in [0.1, 0.15) is 36.6 Å². The zero-order valence-electron chi connectivity index (χ0n) is 13.8. The number of para-hydroxylation sites is 1. The van der Waals surface area contributed by atoms with Crippen molar-refractivity contribution < 1.29 is 14.3 Å². The number of furan rings is 1. The summed E-state index contributed by atoms with van der Waals surface area (Å²) in [6.45, 7) is 0.735. The Balaban J connectivity index is 1.88. The first-order valence-electron chi connectivity index (χ1n) is 8.61. The fourth-order valence-corrected chi connectivity index (χ4v) is 3.83. The number of fused-ring (bicyclic) bond motifs is 1. The number of carboxylic acid groups (broad SMARTS) is 1. The van der Waals surface area contributed by atoms with Crippen molar-refractivity contribution in [1.82, 2.24) is 9.88 Å². The van der Waals surface area contributed by atoms with E-state index in [0.717, 1.165) is 41.6 Å². The molecule has 0 aliphatic carbocycles. The van der Waals surface area contributed by atoms with Gasteiger partial charge in [-0.05, 0) is 42.7 Å². The second kappa shape index (κ2) is 6.69. The van der Waals surface area contributed by atoms with Gasteiger partial charge < -0.3 is 9.52 Å². The van der Waals surface area contributed by atoms with E-state index in [4.69, 9.17) is 4.42 Å². The van der Waals surface area contributed by atoms with Gasteiger partial charge in [0.15, 0.2) is 0 Å². The Morgan fingerprint density at radius 2 is 2.08 bits per heavy atom. The first kappa shape index (κ1) is 15.8. The third-order valence-corrected chi connectivity index (χ3v) is 4.95. The number of carboxylic acids is 1. The molecule has 0 bridgehead atoms. The highest BCUT2D eigenvalue weighted by Crippen LogP contribution is 2.37. The number of likely N-dealkylation sites (tertiary alicyclic amines) is 1. The molecule has 2 aromatic heterocycles. The van der Waals surface area contributed by atoms with Gasteiger partial charge in [0.05, 0.1) is 17.8 Å². The van der Waals surface area contributed by atoms with Crippen molar-refractivity contribution in [3.63, 3.8) is 0 Å². The lowest BCUT2D eigenvalue weighted by Gasteiger charge is -2.38. The maximum Gasteiger partial charge on any atom is 0.320 e. The van der Waals surface area contributed by atoms with E-state index >= 15 is 0 Å². The van der Waals surface area contributed by atoms with Gasteiger partial charge in [-0.1, -0.05) is 24.6 Å². The summed E-state index contributed by atoms with van der Waals surface area (Å²) in [5.41, 5.74) is 1.94. The summed E-state index contributed by atoms with van der Waals surface area (Å²) in [6, 6.07) is 13.0. The number of hydrogen-bond donors (Lipinski definition) is 1. The van der Waals surface area contributed by atoms with Gasteiger partial charge in [0.1, 0.15) is 11.8 Å². The van der Waals surface area contributed by atoms with Crippen molar-refractivity contribution in [1.29, 1.82) is 0 Å². The quantitative estimate of drug-likeness (QED) is 0.784. The first-order valence-corrected chi connectivity index (χ1v) is 8.61. The fourth-order valence-electron chi connectivity index (χ4n) is 3.83. The summed E-state index contributed by atoms with van der Waals surface area (Å²) in [5, 5.41) is 10.8. The average Bonchev–Trinajstić information content (AvgIpc) is 3.17. The Morgan fingerprint density at radius 1 is 1.20 bits per heavy atom. The number of pyridine rings is 1. The summed E-state index contributed by atoms with van der Waals surface area (Å²) < 4.78 is 5.73. The molecule has 3 heterocycles. The molecule has 1 aliphatic rings. The van der Waals surface area contributed by atoms with Gasteiger partial charge >= 0.3 is 5.97 Å². The highest BCUT2D eigenvalue weighted by molar-refractivity contribution is 5.83. The van der Waals surface area contributed by atoms with Crippen LogP contribution in [0.25, 0.3) is 10.9 Å². The topological polar surface area (TPSA) is 66.6 Å². The Bertz CT molecular complexity index is 870. The van der Waals surface area contributed by atoms with E-state index in [9.17, 15) is 9.90 Å². The molecule has 25 heavy (non-hydrogen) atoms. The second-order valence-electron chi connectivity index (χ2n) is 6.42. The molecule has 4 rings (SSSR count). The zero-order chi connectivity index (χ0) is 17.2. The van der Waals surface area contributed by atoms with E-state index in [1.54, 1.807) is 12.5 Å². The van der Waals surface area contributed by atoms with Gasteiger partial charge in [-0.25, -0.2) is 0 Å². The van der Waals surface area contributed by atoms with Gasteiger partial charge in [-0.2, -0.15) is 0 Å². The molecule has 128 valence electrons. The third-order valence-electron chi connectivity index (χ3n) is 4.95. The molecule has 1 aliphatic heterocycles. The third kappa shape index (κ3) is 2.91. The van der Waals surface area contributed by atoms with E-state index in [0.29, 0.717) is 6.42 Å². The summed E-state index contributed by atoms with van der Waals surface area (Å²) in [5.74, 6) is -0.000814. The van der Waals surface area contributed by atoms with Gasteiger partial charge in [0.25, 0.3) is 0 Å². The summed E-state index contributed by atoms with van der Waals surface area (Å²) in [4.78, 5) is 18.4. The SMILES string of the molecule is O=C(O)C1CCCCN1C(c1ccco1)c1ccnc2ccccc12. The summed E-state index contributed by atoms with van der Waals surface area (Å²) in [6.07, 6.45) is 6.02. The Labute approximate surface area is 145 Å². The van der Waals surface area contributed by atoms with Crippen molar-refractivity contribution in [2.75, 3.05) is 6.54 Å². The molecule has 1 fully saturated rings. The maximum absolute atomic E-state index is 11.8. The fraction of sp³-hybridized carbons (Fsp3) is 0.300. The zero-order valence-corrected chi connectivity index (χ0v) is 13.8. The molecular formula is C20H20N2O3. The van der Waals surface area contributed by atoms with E-state index in [1.807, 2.05) is 42.5 Å². The van der Waals surface area contributed by atoms with Gasteiger partial charge in [-0.15, -0.1) is 0 Å². The molecule has 0 spiro atoms. The molecule has 2 atom stereocenters. The van der Waals surface area contributed by atoms with Crippen molar-refractivity contribution in [2.45, 2.75) is 31.3 Å². The number of nitrogens with zero attached hydrogens (tertiary/aromatic N) is 2. The van der Waals surface area contributed by atoms with Crippen LogP contribution in [-0.2, 0) is 4.79 Å². The van der Waals surface area contributed by atoms with Crippen molar-refractivity contribution in [3.05, 3.63) is 66.2 Å². The van der Waals surface area contributed by atoms with E-state index in [-0.39, 0.29) is 6.04 Å². The van der Waals surface area contributed by atoms with Crippen LogP contribution in [0.3, 0.4) is 0 Å². The van der Waals surface area contributed by atoms with Crippen LogP contribution in [0.15, 0.2) is 59.3 Å². The normalized spacial score (nSPS) is 19.8. The largest absolute Gasteiger partial charge is 0.480 e. The molecule has 0 amide bonds. The van der Waals surface area contributed by atoms with Crippen molar-refractivity contribution in [3.8, 4) is 0 Å². The molecule has 1 saturated heterocycles. The first-order chi connectivity index (χ1) is 12.3. The Hall–Kier alpha value is -2.66. The second-order valence-corrected chi connectivity index (χ2v) is 6.42. The number of aromatic nitrogens is 1. The lowest BCUT2D eigenvalue weighted by Crippen LogP contribution is -2.46. The lowest BCUT2D eigenvalue weighted by molar-refractivity contribution is -0.145. The minimum Gasteiger partial charge on any atom is -0.480 e. The minimum atomic E-state index is -0.769. The standard InChI is InChI=1S/C20H20N2O3/c23-20(24)17-8-3-4-12-22(17)19(18-9-5-13-25-18)15-10-11-21-16-7-2-1-6-14(15)16/h1-2,5-7,9-11,13,17,19H,3-4,8,12H2,(H,23,24). The maximum atomic E-state index is 11.8. The number of benzene rings is 1. The Kier molecular flexibility index (Phi) is 4.24. The monoisotopic (exact) mass is 336 g/mol. The summed E-state index contributed by atoms with van der Waals surface area (Å²) >= 11 is 0. The van der Waals surface area contributed by atoms with Crippen LogP contribution in [0.5, 0.6) is 0 Å². The molecule has 5 heteroatoms. The highest BCUT2D eigenvalue weighted by Gasteiger charge is 2.36. The lowest BCUT2D eigenvalue weighted by atomic mass is 9.93. The van der Waals surface area contributed by atoms with Crippen LogP contribution < -0.4 is 0 Å². The van der Waals surface area contributed by atoms with Crippen LogP contribution >= 0.6 is 0 Å². The molecule has 1 aromatic carbocycles. The average molecular weight is 336 g/mol. The predicted molar refractivity (Wildman–Crippen MR) is 94.3 cm³/mol. The minimum absolute atomic E-state index is 0.232. The van der Waals surface area contributed by atoms with Crippen LogP contribution in [-0.4, -0.2) is 33.5 Å². The molecule has 0 radical (unpaired) electrons. The summed E-state index contributed by atoms with van der Waals surface area (Å²) in [7, 11) is 0. The van der Waals surface area contributed by atoms with Crippen LogP contribution in [0.4, 0.5) is 0 Å². The van der Waals surface area contributed by atoms with Crippen molar-refractivity contribution >= 4 is 16.9 Å². The van der Waals surface area contributed by atoms with Gasteiger partial charge in [-0.3, -0.25) is 14.7 Å². The van der Waals surface area contributed by atoms with Crippen LogP contribution in [0.2, 0.25) is 0 Å². The predicted octanol–water partition coefficient (Wildman–Crippen LogP) is 3.86. The van der Waals surface area contributed by atoms with E-state index in [1.165, 1.54) is 0 Å². The molecule has 5 nitrogen and oxygen atoms in total. The molecule has 0 saturated carbocycles. The highest BCUT2D eigenvalue weighted by atomic mass is 16.4. The smallest absolute Gasteiger partial charge is 0.320 e. The number of rotatable bonds is 4. The number of hydrogen-bond acceptors (Lipinski definition) is 4. The van der Waals surface area contributed by atoms with Crippen molar-refractivity contribution in [2.24, 2.45) is 0 Å². The number of piperidine rings is 1. The van der Waals surface area contributed by atoms with Crippen LogP contribution in [0, 0.1) is 0 Å². The molecular weight excluding hydrogens is 316 g/mol. The van der Waals surface area contributed by atoms with E-state index < -0.39 is 12.0 Å². The molecule has 2 unspecified atom stereocenters. The Morgan fingerprint density at radius 3 is 2.88 bits per heavy atom. The number of aliphatic carboxylic acids is 1. The van der Waals surface area contributed by atoms with E-state index in [2.05, 4.69) is 9.88 Å². The molecule has 1 N–H and O–H groups in total. The van der Waals surface area contributed by atoms with Gasteiger partial charge in [0.2, 0.25) is 0 Å². The number of carbonyl (C=O) groups is 1.